The van der Waals surface area contributed by atoms with Gasteiger partial charge in [0.1, 0.15) is 0 Å². The standard InChI is InChI=1S/C20H32N8OS/c1-6-21-15-23-16(22-7-2)28-17(24-15)25-26-18(28)30-10-14(29)27-12-20(5)9-13(27)8-19(3,4)11-20/h13H,6-12H2,1-5H3,(H2,21,22,23,24,25)/t13-,20-/m0/s1. The lowest BCUT2D eigenvalue weighted by molar-refractivity contribution is -0.129. The number of aromatic nitrogens is 5. The summed E-state index contributed by atoms with van der Waals surface area (Å²) >= 11 is 1.40. The van der Waals surface area contributed by atoms with E-state index in [-0.39, 0.29) is 11.3 Å². The Kier molecular flexibility index (Phi) is 5.54. The molecule has 1 saturated heterocycles. The molecule has 10 heteroatoms. The Morgan fingerprint density at radius 2 is 1.90 bits per heavy atom. The maximum absolute atomic E-state index is 13.1. The molecule has 2 aliphatic rings. The van der Waals surface area contributed by atoms with Crippen LogP contribution in [0.4, 0.5) is 11.9 Å². The minimum atomic E-state index is 0.179. The summed E-state index contributed by atoms with van der Waals surface area (Å²) in [5.74, 6) is 2.14. The van der Waals surface area contributed by atoms with Crippen molar-refractivity contribution in [1.82, 2.24) is 29.5 Å². The lowest BCUT2D eigenvalue weighted by Crippen LogP contribution is -2.38. The number of thioether (sulfide) groups is 1. The minimum absolute atomic E-state index is 0.179. The van der Waals surface area contributed by atoms with Crippen molar-refractivity contribution in [2.24, 2.45) is 10.8 Å². The zero-order valence-electron chi connectivity index (χ0n) is 18.5. The van der Waals surface area contributed by atoms with Gasteiger partial charge in [-0.2, -0.15) is 9.97 Å². The number of likely N-dealkylation sites (tertiary alicyclic amines) is 1. The summed E-state index contributed by atoms with van der Waals surface area (Å²) in [6.45, 7) is 13.3. The molecule has 1 saturated carbocycles. The summed E-state index contributed by atoms with van der Waals surface area (Å²) in [6.07, 6.45) is 3.38. The van der Waals surface area contributed by atoms with Gasteiger partial charge < -0.3 is 15.5 Å². The van der Waals surface area contributed by atoms with Crippen LogP contribution in [0.3, 0.4) is 0 Å². The molecule has 1 aliphatic heterocycles. The highest BCUT2D eigenvalue weighted by Crippen LogP contribution is 2.52. The third kappa shape index (κ3) is 4.06. The molecule has 0 aromatic carbocycles. The number of nitrogens with zero attached hydrogens (tertiary/aromatic N) is 6. The van der Waals surface area contributed by atoms with E-state index < -0.39 is 0 Å². The van der Waals surface area contributed by atoms with Crippen LogP contribution >= 0.6 is 11.8 Å². The molecule has 3 heterocycles. The second-order valence-electron chi connectivity index (χ2n) is 9.57. The maximum Gasteiger partial charge on any atom is 0.261 e. The Hall–Kier alpha value is -2.10. The number of fused-ring (bicyclic) bond motifs is 3. The predicted octanol–water partition coefficient (Wildman–Crippen LogP) is 2.90. The van der Waals surface area contributed by atoms with E-state index >= 15 is 0 Å². The summed E-state index contributed by atoms with van der Waals surface area (Å²) in [7, 11) is 0. The quantitative estimate of drug-likeness (QED) is 0.644. The molecule has 30 heavy (non-hydrogen) atoms. The number of nitrogens with one attached hydrogen (secondary N) is 2. The Labute approximate surface area is 181 Å². The molecular weight excluding hydrogens is 400 g/mol. The van der Waals surface area contributed by atoms with Crippen LogP contribution in [0.15, 0.2) is 5.16 Å². The van der Waals surface area contributed by atoms with Gasteiger partial charge in [-0.3, -0.25) is 4.79 Å². The van der Waals surface area contributed by atoms with Crippen molar-refractivity contribution < 1.29 is 4.79 Å². The molecule has 2 N–H and O–H groups in total. The van der Waals surface area contributed by atoms with Crippen molar-refractivity contribution in [1.29, 1.82) is 0 Å². The number of rotatable bonds is 7. The SMILES string of the molecule is CCNc1nc(NCC)n2c(SCC(=O)N3C[C@@]4(C)C[C@@H]3CC(C)(C)C4)nnc2n1. The van der Waals surface area contributed by atoms with Gasteiger partial charge in [-0.1, -0.05) is 32.5 Å². The average molecular weight is 433 g/mol. The van der Waals surface area contributed by atoms with Gasteiger partial charge in [0.05, 0.1) is 5.75 Å². The monoisotopic (exact) mass is 432 g/mol. The third-order valence-electron chi connectivity index (χ3n) is 5.98. The van der Waals surface area contributed by atoms with Crippen LogP contribution in [0.25, 0.3) is 5.78 Å². The molecular formula is C20H32N8OS. The molecule has 4 rings (SSSR count). The van der Waals surface area contributed by atoms with Crippen molar-refractivity contribution in [2.75, 3.05) is 36.0 Å². The highest BCUT2D eigenvalue weighted by atomic mass is 32.2. The lowest BCUT2D eigenvalue weighted by Gasteiger charge is -2.39. The molecule has 0 spiro atoms. The second kappa shape index (κ2) is 7.86. The number of carbonyl (C=O) groups excluding carboxylic acids is 1. The molecule has 0 radical (unpaired) electrons. The highest BCUT2D eigenvalue weighted by Gasteiger charge is 2.50. The van der Waals surface area contributed by atoms with Gasteiger partial charge in [0.2, 0.25) is 17.8 Å². The maximum atomic E-state index is 13.1. The van der Waals surface area contributed by atoms with Crippen molar-refractivity contribution in [3.8, 4) is 0 Å². The molecule has 2 aromatic heterocycles. The van der Waals surface area contributed by atoms with Gasteiger partial charge in [0, 0.05) is 25.7 Å². The van der Waals surface area contributed by atoms with E-state index in [0.29, 0.717) is 46.6 Å². The zero-order valence-corrected chi connectivity index (χ0v) is 19.3. The Morgan fingerprint density at radius 3 is 2.63 bits per heavy atom. The molecule has 2 bridgehead atoms. The van der Waals surface area contributed by atoms with Crippen LogP contribution in [0, 0.1) is 10.8 Å². The molecule has 164 valence electrons. The van der Waals surface area contributed by atoms with E-state index in [1.54, 1.807) is 4.40 Å². The number of hydrogen-bond donors (Lipinski definition) is 2. The van der Waals surface area contributed by atoms with Crippen LogP contribution in [0.5, 0.6) is 0 Å². The number of carbonyl (C=O) groups is 1. The molecule has 9 nitrogen and oxygen atoms in total. The smallest absolute Gasteiger partial charge is 0.261 e. The average Bonchev–Trinajstić information content (AvgIpc) is 3.17. The van der Waals surface area contributed by atoms with Crippen LogP contribution < -0.4 is 10.6 Å². The fourth-order valence-corrected chi connectivity index (χ4v) is 6.17. The number of amides is 1. The highest BCUT2D eigenvalue weighted by molar-refractivity contribution is 7.99. The van der Waals surface area contributed by atoms with E-state index in [1.807, 2.05) is 13.8 Å². The first-order valence-corrected chi connectivity index (χ1v) is 11.8. The molecule has 1 amide bonds. The van der Waals surface area contributed by atoms with Gasteiger partial charge in [0.25, 0.3) is 5.78 Å². The normalized spacial score (nSPS) is 25.0. The van der Waals surface area contributed by atoms with Gasteiger partial charge >= 0.3 is 0 Å². The zero-order chi connectivity index (χ0) is 21.5. The van der Waals surface area contributed by atoms with E-state index in [4.69, 9.17) is 0 Å². The van der Waals surface area contributed by atoms with E-state index in [9.17, 15) is 4.79 Å². The van der Waals surface area contributed by atoms with E-state index in [2.05, 4.69) is 56.5 Å². The Balaban J connectivity index is 1.51. The molecule has 2 fully saturated rings. The topological polar surface area (TPSA) is 100 Å². The summed E-state index contributed by atoms with van der Waals surface area (Å²) in [5, 5.41) is 15.5. The number of anilines is 2. The third-order valence-corrected chi connectivity index (χ3v) is 6.89. The lowest BCUT2D eigenvalue weighted by atomic mass is 9.65. The fourth-order valence-electron chi connectivity index (χ4n) is 5.36. The van der Waals surface area contributed by atoms with Crippen LogP contribution in [0.2, 0.25) is 0 Å². The first-order valence-electron chi connectivity index (χ1n) is 10.8. The van der Waals surface area contributed by atoms with Gasteiger partial charge in [-0.05, 0) is 43.9 Å². The summed E-state index contributed by atoms with van der Waals surface area (Å²) in [5.41, 5.74) is 0.536. The van der Waals surface area contributed by atoms with Crippen LogP contribution in [-0.2, 0) is 4.79 Å². The largest absolute Gasteiger partial charge is 0.355 e. The van der Waals surface area contributed by atoms with Crippen LogP contribution in [-0.4, -0.2) is 66.8 Å². The van der Waals surface area contributed by atoms with Gasteiger partial charge in [0.15, 0.2) is 5.16 Å². The van der Waals surface area contributed by atoms with Gasteiger partial charge in [-0.25, -0.2) is 4.40 Å². The predicted molar refractivity (Wildman–Crippen MR) is 119 cm³/mol. The molecule has 0 unspecified atom stereocenters. The molecule has 2 aromatic rings. The minimum Gasteiger partial charge on any atom is -0.355 e. The van der Waals surface area contributed by atoms with Gasteiger partial charge in [-0.15, -0.1) is 10.2 Å². The Morgan fingerprint density at radius 1 is 1.13 bits per heavy atom. The van der Waals surface area contributed by atoms with Crippen molar-refractivity contribution >= 4 is 35.3 Å². The van der Waals surface area contributed by atoms with Crippen molar-refractivity contribution in [3.63, 3.8) is 0 Å². The molecule has 1 aliphatic carbocycles. The summed E-state index contributed by atoms with van der Waals surface area (Å²) in [6, 6.07) is 0.352. The molecule has 2 atom stereocenters. The van der Waals surface area contributed by atoms with E-state index in [0.717, 1.165) is 25.9 Å². The number of hydrogen-bond acceptors (Lipinski definition) is 8. The summed E-state index contributed by atoms with van der Waals surface area (Å²) < 4.78 is 1.79. The first kappa shape index (κ1) is 21.1. The first-order chi connectivity index (χ1) is 14.2. The summed E-state index contributed by atoms with van der Waals surface area (Å²) in [4.78, 5) is 24.2. The second-order valence-corrected chi connectivity index (χ2v) is 10.5. The van der Waals surface area contributed by atoms with Crippen molar-refractivity contribution in [2.45, 2.75) is 65.1 Å². The van der Waals surface area contributed by atoms with Crippen LogP contribution in [0.1, 0.15) is 53.9 Å². The Bertz CT molecular complexity index is 944. The van der Waals surface area contributed by atoms with E-state index in [1.165, 1.54) is 18.2 Å². The fraction of sp³-hybridized carbons (Fsp3) is 0.750. The van der Waals surface area contributed by atoms with Crippen molar-refractivity contribution in [3.05, 3.63) is 0 Å².